The third-order valence-electron chi connectivity index (χ3n) is 7.44. The van der Waals surface area contributed by atoms with E-state index in [0.717, 1.165) is 30.9 Å². The predicted molar refractivity (Wildman–Crippen MR) is 138 cm³/mol. The van der Waals surface area contributed by atoms with Gasteiger partial charge in [0.05, 0.1) is 11.7 Å². The van der Waals surface area contributed by atoms with E-state index in [1.165, 1.54) is 5.56 Å². The highest BCUT2D eigenvalue weighted by Crippen LogP contribution is 2.45. The van der Waals surface area contributed by atoms with Gasteiger partial charge < -0.3 is 15.0 Å². The van der Waals surface area contributed by atoms with Crippen molar-refractivity contribution in [3.05, 3.63) is 95.6 Å². The SMILES string of the molecule is C[C@@]12C[C@H](NC(=O)N1c1cccc(C(=O)N3CCN(Cc4ccccc4)CC3)c1)c1ccccc1O2. The number of hydrogen-bond acceptors (Lipinski definition) is 4. The van der Waals surface area contributed by atoms with E-state index in [-0.39, 0.29) is 18.0 Å². The fraction of sp³-hybridized carbons (Fsp3) is 0.310. The maximum Gasteiger partial charge on any atom is 0.325 e. The van der Waals surface area contributed by atoms with Crippen LogP contribution in [0, 0.1) is 0 Å². The largest absolute Gasteiger partial charge is 0.467 e. The second-order valence-corrected chi connectivity index (χ2v) is 9.96. The summed E-state index contributed by atoms with van der Waals surface area (Å²) in [5, 5.41) is 3.12. The molecule has 184 valence electrons. The lowest BCUT2D eigenvalue weighted by molar-refractivity contribution is 0.0378. The van der Waals surface area contributed by atoms with E-state index in [0.29, 0.717) is 30.8 Å². The first-order valence-electron chi connectivity index (χ1n) is 12.5. The molecule has 36 heavy (non-hydrogen) atoms. The number of benzene rings is 3. The van der Waals surface area contributed by atoms with Gasteiger partial charge in [-0.3, -0.25) is 14.6 Å². The molecule has 0 unspecified atom stereocenters. The molecule has 7 heteroatoms. The maximum atomic E-state index is 13.4. The van der Waals surface area contributed by atoms with E-state index < -0.39 is 5.72 Å². The monoisotopic (exact) mass is 482 g/mol. The second-order valence-electron chi connectivity index (χ2n) is 9.96. The second kappa shape index (κ2) is 8.99. The van der Waals surface area contributed by atoms with Gasteiger partial charge in [-0.1, -0.05) is 54.6 Å². The van der Waals surface area contributed by atoms with Gasteiger partial charge in [0, 0.05) is 50.3 Å². The van der Waals surface area contributed by atoms with Gasteiger partial charge in [-0.15, -0.1) is 0 Å². The number of hydrogen-bond donors (Lipinski definition) is 1. The standard InChI is InChI=1S/C29H30N4O3/c1-29-19-25(24-12-5-6-13-26(24)36-29)30-28(35)33(29)23-11-7-10-22(18-23)27(34)32-16-14-31(15-17-32)20-21-8-3-2-4-9-21/h2-13,18,25H,14-17,19-20H2,1H3,(H,30,35)/t25-,29+/m0/s1. The van der Waals surface area contributed by atoms with E-state index in [1.807, 2.05) is 66.4 Å². The van der Waals surface area contributed by atoms with Gasteiger partial charge in [0.1, 0.15) is 5.75 Å². The molecular formula is C29H30N4O3. The van der Waals surface area contributed by atoms with E-state index in [4.69, 9.17) is 4.74 Å². The van der Waals surface area contributed by atoms with Crippen molar-refractivity contribution in [2.45, 2.75) is 31.7 Å². The Hall–Kier alpha value is -3.84. The number of carbonyl (C=O) groups excluding carboxylic acids is 2. The van der Waals surface area contributed by atoms with Crippen molar-refractivity contribution in [1.82, 2.24) is 15.1 Å². The topological polar surface area (TPSA) is 65.1 Å². The highest BCUT2D eigenvalue weighted by Gasteiger charge is 2.49. The number of piperazine rings is 1. The summed E-state index contributed by atoms with van der Waals surface area (Å²) < 4.78 is 6.37. The Bertz CT molecular complexity index is 1290. The molecule has 2 bridgehead atoms. The molecule has 7 nitrogen and oxygen atoms in total. The fourth-order valence-electron chi connectivity index (χ4n) is 5.62. The number of urea groups is 1. The summed E-state index contributed by atoms with van der Waals surface area (Å²) in [5.74, 6) is 0.772. The predicted octanol–water partition coefficient (Wildman–Crippen LogP) is 4.41. The third-order valence-corrected chi connectivity index (χ3v) is 7.44. The van der Waals surface area contributed by atoms with Crippen LogP contribution in [0.2, 0.25) is 0 Å². The number of nitrogens with zero attached hydrogens (tertiary/aromatic N) is 3. The zero-order valence-corrected chi connectivity index (χ0v) is 20.4. The lowest BCUT2D eigenvalue weighted by atomic mass is 9.90. The van der Waals surface area contributed by atoms with Crippen LogP contribution in [0.4, 0.5) is 10.5 Å². The van der Waals surface area contributed by atoms with Crippen LogP contribution in [0.1, 0.15) is 40.9 Å². The van der Waals surface area contributed by atoms with E-state index in [1.54, 1.807) is 4.90 Å². The Morgan fingerprint density at radius 2 is 1.72 bits per heavy atom. The molecule has 2 atom stereocenters. The minimum Gasteiger partial charge on any atom is -0.467 e. The minimum absolute atomic E-state index is 0.00781. The lowest BCUT2D eigenvalue weighted by Gasteiger charge is -2.50. The first-order chi connectivity index (χ1) is 17.5. The Labute approximate surface area is 211 Å². The molecular weight excluding hydrogens is 452 g/mol. The number of para-hydroxylation sites is 1. The molecule has 0 saturated carbocycles. The normalized spacial score (nSPS) is 23.5. The number of anilines is 1. The van der Waals surface area contributed by atoms with E-state index in [2.05, 4.69) is 34.5 Å². The smallest absolute Gasteiger partial charge is 0.325 e. The van der Waals surface area contributed by atoms with Crippen LogP contribution in [0.5, 0.6) is 5.75 Å². The van der Waals surface area contributed by atoms with Crippen molar-refractivity contribution in [2.24, 2.45) is 0 Å². The molecule has 0 aliphatic carbocycles. The fourth-order valence-corrected chi connectivity index (χ4v) is 5.62. The Morgan fingerprint density at radius 1 is 0.972 bits per heavy atom. The van der Waals surface area contributed by atoms with Crippen molar-refractivity contribution >= 4 is 17.6 Å². The summed E-state index contributed by atoms with van der Waals surface area (Å²) >= 11 is 0. The van der Waals surface area contributed by atoms with Crippen LogP contribution in [0.3, 0.4) is 0 Å². The van der Waals surface area contributed by atoms with Gasteiger partial charge in [0.25, 0.3) is 5.91 Å². The Morgan fingerprint density at radius 3 is 2.53 bits per heavy atom. The van der Waals surface area contributed by atoms with Crippen molar-refractivity contribution in [1.29, 1.82) is 0 Å². The number of fused-ring (bicyclic) bond motifs is 4. The van der Waals surface area contributed by atoms with Crippen LogP contribution in [0.25, 0.3) is 0 Å². The van der Waals surface area contributed by atoms with Crippen molar-refractivity contribution in [3.8, 4) is 5.75 Å². The summed E-state index contributed by atoms with van der Waals surface area (Å²) in [6, 6.07) is 25.3. The van der Waals surface area contributed by atoms with Gasteiger partial charge in [-0.25, -0.2) is 4.79 Å². The van der Waals surface area contributed by atoms with Crippen molar-refractivity contribution < 1.29 is 14.3 Å². The highest BCUT2D eigenvalue weighted by atomic mass is 16.5. The minimum atomic E-state index is -0.841. The Balaban J connectivity index is 1.18. The molecule has 0 aromatic heterocycles. The van der Waals surface area contributed by atoms with Crippen molar-refractivity contribution in [3.63, 3.8) is 0 Å². The molecule has 0 spiro atoms. The molecule has 3 aromatic carbocycles. The summed E-state index contributed by atoms with van der Waals surface area (Å²) in [6.45, 7) is 5.86. The molecule has 3 aliphatic heterocycles. The summed E-state index contributed by atoms with van der Waals surface area (Å²) in [6.07, 6.45) is 0.622. The van der Waals surface area contributed by atoms with Crippen LogP contribution in [0.15, 0.2) is 78.9 Å². The van der Waals surface area contributed by atoms with Gasteiger partial charge in [-0.05, 0) is 36.8 Å². The maximum absolute atomic E-state index is 13.4. The lowest BCUT2D eigenvalue weighted by Crippen LogP contribution is -2.65. The number of nitrogens with one attached hydrogen (secondary N) is 1. The third kappa shape index (κ3) is 4.09. The van der Waals surface area contributed by atoms with Crippen LogP contribution in [-0.4, -0.2) is 53.6 Å². The van der Waals surface area contributed by atoms with Gasteiger partial charge in [0.2, 0.25) is 0 Å². The first kappa shape index (κ1) is 22.6. The summed E-state index contributed by atoms with van der Waals surface area (Å²) in [4.78, 5) is 32.6. The summed E-state index contributed by atoms with van der Waals surface area (Å²) in [7, 11) is 0. The van der Waals surface area contributed by atoms with Crippen LogP contribution < -0.4 is 15.0 Å². The van der Waals surface area contributed by atoms with Gasteiger partial charge >= 0.3 is 6.03 Å². The van der Waals surface area contributed by atoms with Crippen LogP contribution >= 0.6 is 0 Å². The number of amides is 3. The molecule has 0 radical (unpaired) electrons. The quantitative estimate of drug-likeness (QED) is 0.598. The molecule has 1 N–H and O–H groups in total. The molecule has 6 rings (SSSR count). The zero-order chi connectivity index (χ0) is 24.7. The van der Waals surface area contributed by atoms with E-state index >= 15 is 0 Å². The Kier molecular flexibility index (Phi) is 5.64. The van der Waals surface area contributed by atoms with Gasteiger partial charge in [-0.2, -0.15) is 0 Å². The average molecular weight is 483 g/mol. The molecule has 2 saturated heterocycles. The number of carbonyl (C=O) groups is 2. The summed E-state index contributed by atoms with van der Waals surface area (Å²) in [5.41, 5.74) is 2.68. The van der Waals surface area contributed by atoms with Crippen molar-refractivity contribution in [2.75, 3.05) is 31.1 Å². The highest BCUT2D eigenvalue weighted by molar-refractivity contribution is 5.99. The average Bonchev–Trinajstić information content (AvgIpc) is 2.89. The molecule has 3 aliphatic rings. The first-order valence-corrected chi connectivity index (χ1v) is 12.5. The van der Waals surface area contributed by atoms with Crippen LogP contribution in [-0.2, 0) is 6.54 Å². The number of ether oxygens (including phenoxy) is 1. The molecule has 3 amide bonds. The van der Waals surface area contributed by atoms with E-state index in [9.17, 15) is 9.59 Å². The molecule has 2 fully saturated rings. The molecule has 3 heterocycles. The number of rotatable bonds is 4. The molecule has 3 aromatic rings. The zero-order valence-electron chi connectivity index (χ0n) is 20.4. The van der Waals surface area contributed by atoms with Gasteiger partial charge in [0.15, 0.2) is 5.72 Å².